The van der Waals surface area contributed by atoms with E-state index in [2.05, 4.69) is 4.99 Å². The first kappa shape index (κ1) is 25.1. The Hall–Kier alpha value is -3.98. The monoisotopic (exact) mass is 506 g/mol. The number of fused-ring (bicyclic) bond motifs is 1. The molecule has 3 aromatic rings. The topological polar surface area (TPSA) is 96.2 Å². The highest BCUT2D eigenvalue weighted by Gasteiger charge is 2.33. The maximum atomic E-state index is 13.6. The average Bonchev–Trinajstić information content (AvgIpc) is 3.17. The summed E-state index contributed by atoms with van der Waals surface area (Å²) in [7, 11) is 0. The van der Waals surface area contributed by atoms with Gasteiger partial charge in [0, 0.05) is 0 Å². The van der Waals surface area contributed by atoms with Crippen molar-refractivity contribution in [1.82, 2.24) is 4.57 Å². The molecule has 186 valence electrons. The minimum Gasteiger partial charge on any atom is -0.482 e. The number of carbonyl (C=O) groups is 2. The first-order valence-electron chi connectivity index (χ1n) is 11.6. The van der Waals surface area contributed by atoms with Crippen molar-refractivity contribution >= 4 is 29.4 Å². The number of nitrogens with zero attached hydrogens (tertiary/aromatic N) is 2. The normalized spacial score (nSPS) is 15.2. The van der Waals surface area contributed by atoms with Gasteiger partial charge in [-0.15, -0.1) is 0 Å². The van der Waals surface area contributed by atoms with Gasteiger partial charge in [0.05, 0.1) is 35.1 Å². The standard InChI is InChI=1S/C27H26N2O6S/c1-4-33-22(30)16-35-20-13-11-18(12-14-20)15-21-25(31)29-24(19-9-7-6-8-10-19)23(26(32)34-5-2)17(3)28-27(29)36-21/h6-15,24H,4-5,16H2,1-3H3/b21-15-/t24-/m0/s1. The quantitative estimate of drug-likeness (QED) is 0.436. The van der Waals surface area contributed by atoms with E-state index in [1.165, 1.54) is 11.3 Å². The van der Waals surface area contributed by atoms with Crippen molar-refractivity contribution in [3.05, 3.63) is 96.7 Å². The van der Waals surface area contributed by atoms with Gasteiger partial charge in [-0.2, -0.15) is 0 Å². The Bertz CT molecular complexity index is 1470. The molecule has 36 heavy (non-hydrogen) atoms. The highest BCUT2D eigenvalue weighted by Crippen LogP contribution is 2.30. The lowest BCUT2D eigenvalue weighted by Crippen LogP contribution is -2.39. The number of ether oxygens (including phenoxy) is 3. The number of thiazole rings is 1. The molecule has 1 aliphatic rings. The van der Waals surface area contributed by atoms with Crippen LogP contribution in [-0.2, 0) is 19.1 Å². The van der Waals surface area contributed by atoms with E-state index in [-0.39, 0.29) is 18.8 Å². The van der Waals surface area contributed by atoms with Crippen LogP contribution in [0.25, 0.3) is 6.08 Å². The van der Waals surface area contributed by atoms with E-state index in [1.807, 2.05) is 30.3 Å². The van der Waals surface area contributed by atoms with Crippen LogP contribution in [-0.4, -0.2) is 36.3 Å². The average molecular weight is 507 g/mol. The molecule has 0 fully saturated rings. The lowest BCUT2D eigenvalue weighted by Gasteiger charge is -2.24. The molecular formula is C27H26N2O6S. The number of esters is 2. The van der Waals surface area contributed by atoms with Gasteiger partial charge in [-0.25, -0.2) is 14.6 Å². The van der Waals surface area contributed by atoms with E-state index in [1.54, 1.807) is 55.7 Å². The van der Waals surface area contributed by atoms with E-state index in [4.69, 9.17) is 14.2 Å². The van der Waals surface area contributed by atoms with Gasteiger partial charge in [-0.05, 0) is 50.1 Å². The third kappa shape index (κ3) is 5.31. The minimum absolute atomic E-state index is 0.173. The lowest BCUT2D eigenvalue weighted by molar-refractivity contribution is -0.145. The van der Waals surface area contributed by atoms with E-state index in [9.17, 15) is 14.4 Å². The summed E-state index contributed by atoms with van der Waals surface area (Å²) in [6.45, 7) is 5.58. The highest BCUT2D eigenvalue weighted by atomic mass is 32.1. The van der Waals surface area contributed by atoms with Crippen LogP contribution >= 0.6 is 11.3 Å². The van der Waals surface area contributed by atoms with Gasteiger partial charge >= 0.3 is 11.9 Å². The van der Waals surface area contributed by atoms with Crippen molar-refractivity contribution in [1.29, 1.82) is 0 Å². The van der Waals surface area contributed by atoms with Crippen molar-refractivity contribution in [3.8, 4) is 5.75 Å². The molecule has 0 unspecified atom stereocenters. The molecule has 1 aliphatic heterocycles. The zero-order chi connectivity index (χ0) is 25.7. The summed E-state index contributed by atoms with van der Waals surface area (Å²) in [5.41, 5.74) is 2.21. The second kappa shape index (κ2) is 11.2. The number of rotatable bonds is 8. The zero-order valence-electron chi connectivity index (χ0n) is 20.2. The van der Waals surface area contributed by atoms with Gasteiger partial charge in [0.1, 0.15) is 5.75 Å². The van der Waals surface area contributed by atoms with E-state index >= 15 is 0 Å². The van der Waals surface area contributed by atoms with Crippen molar-refractivity contribution < 1.29 is 23.8 Å². The fraction of sp³-hybridized carbons (Fsp3) is 0.259. The van der Waals surface area contributed by atoms with Gasteiger partial charge in [-0.1, -0.05) is 53.8 Å². The molecule has 2 heterocycles. The van der Waals surface area contributed by atoms with Gasteiger partial charge < -0.3 is 14.2 Å². The SMILES string of the molecule is CCOC(=O)COc1ccc(/C=c2\sc3n(c2=O)[C@@H](c2ccccc2)C(C(=O)OCC)=C(C)N=3)cc1. The molecule has 0 amide bonds. The molecule has 0 aliphatic carbocycles. The van der Waals surface area contributed by atoms with Crippen molar-refractivity contribution in [2.75, 3.05) is 19.8 Å². The minimum atomic E-state index is -0.637. The van der Waals surface area contributed by atoms with Gasteiger partial charge in [-0.3, -0.25) is 9.36 Å². The van der Waals surface area contributed by atoms with Crippen LogP contribution in [0.5, 0.6) is 5.75 Å². The summed E-state index contributed by atoms with van der Waals surface area (Å²) >= 11 is 1.26. The second-order valence-corrected chi connectivity index (χ2v) is 8.88. The van der Waals surface area contributed by atoms with Gasteiger partial charge in [0.25, 0.3) is 5.56 Å². The number of hydrogen-bond donors (Lipinski definition) is 0. The highest BCUT2D eigenvalue weighted by molar-refractivity contribution is 7.07. The fourth-order valence-electron chi connectivity index (χ4n) is 3.90. The summed E-state index contributed by atoms with van der Waals surface area (Å²) in [4.78, 5) is 43.0. The summed E-state index contributed by atoms with van der Waals surface area (Å²) in [5.74, 6) is -0.408. The summed E-state index contributed by atoms with van der Waals surface area (Å²) in [6.07, 6.45) is 1.77. The summed E-state index contributed by atoms with van der Waals surface area (Å²) < 4.78 is 17.6. The second-order valence-electron chi connectivity index (χ2n) is 7.88. The van der Waals surface area contributed by atoms with Crippen LogP contribution in [0.2, 0.25) is 0 Å². The molecule has 4 rings (SSSR count). The Labute approximate surface area is 211 Å². The van der Waals surface area contributed by atoms with Crippen molar-refractivity contribution in [3.63, 3.8) is 0 Å². The smallest absolute Gasteiger partial charge is 0.344 e. The van der Waals surface area contributed by atoms with Crippen molar-refractivity contribution in [2.24, 2.45) is 4.99 Å². The maximum Gasteiger partial charge on any atom is 0.344 e. The van der Waals surface area contributed by atoms with Gasteiger partial charge in [0.2, 0.25) is 0 Å². The number of aromatic nitrogens is 1. The number of allylic oxidation sites excluding steroid dienone is 1. The molecule has 0 N–H and O–H groups in total. The molecule has 1 aromatic heterocycles. The third-order valence-corrected chi connectivity index (χ3v) is 6.46. The van der Waals surface area contributed by atoms with Crippen LogP contribution in [0.1, 0.15) is 37.9 Å². The molecule has 8 nitrogen and oxygen atoms in total. The van der Waals surface area contributed by atoms with E-state index in [0.717, 1.165) is 11.1 Å². The molecule has 0 saturated carbocycles. The van der Waals surface area contributed by atoms with E-state index < -0.39 is 18.0 Å². The van der Waals surface area contributed by atoms with Crippen LogP contribution in [0.4, 0.5) is 0 Å². The number of benzene rings is 2. The predicted octanol–water partition coefficient (Wildman–Crippen LogP) is 2.74. The van der Waals surface area contributed by atoms with E-state index in [0.29, 0.717) is 33.0 Å². The Morgan fingerprint density at radius 2 is 1.72 bits per heavy atom. The summed E-state index contributed by atoms with van der Waals surface area (Å²) in [5, 5.41) is 0. The third-order valence-electron chi connectivity index (χ3n) is 5.47. The molecule has 1 atom stereocenters. The van der Waals surface area contributed by atoms with Crippen LogP contribution < -0.4 is 19.6 Å². The Morgan fingerprint density at radius 3 is 2.39 bits per heavy atom. The molecule has 0 saturated heterocycles. The maximum absolute atomic E-state index is 13.6. The zero-order valence-corrected chi connectivity index (χ0v) is 21.0. The van der Waals surface area contributed by atoms with Crippen molar-refractivity contribution in [2.45, 2.75) is 26.8 Å². The largest absolute Gasteiger partial charge is 0.482 e. The lowest BCUT2D eigenvalue weighted by atomic mass is 9.96. The molecule has 9 heteroatoms. The van der Waals surface area contributed by atoms with Crippen LogP contribution in [0, 0.1) is 0 Å². The number of hydrogen-bond acceptors (Lipinski definition) is 8. The van der Waals surface area contributed by atoms with Gasteiger partial charge in [0.15, 0.2) is 11.4 Å². The molecule has 0 spiro atoms. The Morgan fingerprint density at radius 1 is 1.03 bits per heavy atom. The first-order valence-corrected chi connectivity index (χ1v) is 12.4. The number of carbonyl (C=O) groups excluding carboxylic acids is 2. The molecular weight excluding hydrogens is 480 g/mol. The van der Waals surface area contributed by atoms with Crippen LogP contribution in [0.15, 0.2) is 75.7 Å². The van der Waals surface area contributed by atoms with Crippen LogP contribution in [0.3, 0.4) is 0 Å². The fourth-order valence-corrected chi connectivity index (χ4v) is 4.95. The Kier molecular flexibility index (Phi) is 7.80. The molecule has 0 bridgehead atoms. The Balaban J connectivity index is 1.72. The first-order chi connectivity index (χ1) is 17.4. The molecule has 0 radical (unpaired) electrons. The molecule has 2 aromatic carbocycles. The summed E-state index contributed by atoms with van der Waals surface area (Å²) in [6, 6.07) is 15.8. The predicted molar refractivity (Wildman–Crippen MR) is 135 cm³/mol.